The SMILES string of the molecule is Cc1c(-c2cc(N3C(=O)[C@@H]4C[C@@H]5C(=CC[C@@H]6C(=O)N(CCCCCC(=O)O)C(=O)[C@@H]65)[C@H](c5ccccc5OCCO)[C@]4(C)C3=O)n(C)n2)sc2ccc(Cl)cc12. The highest BCUT2D eigenvalue weighted by Gasteiger charge is 2.68. The van der Waals surface area contributed by atoms with E-state index in [9.17, 15) is 24.3 Å². The minimum atomic E-state index is -1.30. The van der Waals surface area contributed by atoms with Crippen molar-refractivity contribution in [1.82, 2.24) is 14.7 Å². The highest BCUT2D eigenvalue weighted by atomic mass is 35.5. The Morgan fingerprint density at radius 1 is 1.04 bits per heavy atom. The van der Waals surface area contributed by atoms with Gasteiger partial charge in [-0.25, -0.2) is 4.90 Å². The smallest absolute Gasteiger partial charge is 0.303 e. The number of fused-ring (bicyclic) bond motifs is 5. The van der Waals surface area contributed by atoms with E-state index >= 15 is 4.79 Å². The summed E-state index contributed by atoms with van der Waals surface area (Å²) in [6.07, 6.45) is 4.06. The summed E-state index contributed by atoms with van der Waals surface area (Å²) in [5, 5.41) is 25.1. The van der Waals surface area contributed by atoms with Crippen LogP contribution < -0.4 is 9.64 Å². The third-order valence-corrected chi connectivity index (χ3v) is 14.0. The van der Waals surface area contributed by atoms with Gasteiger partial charge in [-0.05, 0) is 80.7 Å². The average molecular weight is 799 g/mol. The Bertz CT molecular complexity index is 2330. The van der Waals surface area contributed by atoms with E-state index in [1.807, 2.05) is 56.3 Å². The molecule has 1 saturated carbocycles. The Morgan fingerprint density at radius 2 is 1.82 bits per heavy atom. The van der Waals surface area contributed by atoms with Crippen molar-refractivity contribution in [2.45, 2.75) is 58.3 Å². The van der Waals surface area contributed by atoms with Crippen LogP contribution in [0.25, 0.3) is 20.7 Å². The van der Waals surface area contributed by atoms with Crippen LogP contribution in [-0.4, -0.2) is 74.2 Å². The van der Waals surface area contributed by atoms with E-state index in [0.29, 0.717) is 53.5 Å². The van der Waals surface area contributed by atoms with E-state index in [1.165, 1.54) is 9.80 Å². The van der Waals surface area contributed by atoms with Crippen LogP contribution in [0.2, 0.25) is 5.02 Å². The number of carbonyl (C=O) groups excluding carboxylic acids is 4. The van der Waals surface area contributed by atoms with Gasteiger partial charge in [-0.1, -0.05) is 47.9 Å². The number of rotatable bonds is 12. The van der Waals surface area contributed by atoms with Crippen LogP contribution >= 0.6 is 22.9 Å². The molecular formula is C42H43ClN4O8S. The van der Waals surface area contributed by atoms with E-state index in [-0.39, 0.29) is 56.2 Å². The molecule has 4 aromatic rings. The van der Waals surface area contributed by atoms with Gasteiger partial charge in [0.2, 0.25) is 23.6 Å². The van der Waals surface area contributed by atoms with E-state index in [1.54, 1.807) is 35.2 Å². The maximum absolute atomic E-state index is 15.2. The minimum absolute atomic E-state index is 0.0195. The lowest BCUT2D eigenvalue weighted by atomic mass is 9.51. The van der Waals surface area contributed by atoms with Crippen LogP contribution in [-0.2, 0) is 31.0 Å². The molecule has 2 aliphatic heterocycles. The first-order chi connectivity index (χ1) is 26.9. The number of carboxylic acid groups (broad SMARTS) is 1. The summed E-state index contributed by atoms with van der Waals surface area (Å²) in [6.45, 7) is 3.83. The number of aliphatic hydroxyl groups is 1. The van der Waals surface area contributed by atoms with Gasteiger partial charge in [0.1, 0.15) is 23.9 Å². The fourth-order valence-corrected chi connectivity index (χ4v) is 11.1. The largest absolute Gasteiger partial charge is 0.491 e. The van der Waals surface area contributed by atoms with Crippen molar-refractivity contribution < 1.29 is 38.9 Å². The summed E-state index contributed by atoms with van der Waals surface area (Å²) >= 11 is 7.88. The topological polar surface area (TPSA) is 159 Å². The number of anilines is 1. The number of hydrogen-bond donors (Lipinski definition) is 2. The number of hydrogen-bond acceptors (Lipinski definition) is 9. The van der Waals surface area contributed by atoms with Gasteiger partial charge < -0.3 is 14.9 Å². The molecule has 2 saturated heterocycles. The van der Waals surface area contributed by atoms with Crippen molar-refractivity contribution in [3.63, 3.8) is 0 Å². The molecule has 4 aliphatic rings. The van der Waals surface area contributed by atoms with E-state index in [0.717, 1.165) is 26.1 Å². The molecule has 2 aromatic heterocycles. The molecule has 2 aliphatic carbocycles. The molecule has 56 heavy (non-hydrogen) atoms. The number of amides is 4. The van der Waals surface area contributed by atoms with Crippen molar-refractivity contribution in [2.75, 3.05) is 24.7 Å². The van der Waals surface area contributed by atoms with E-state index in [2.05, 4.69) is 0 Å². The Morgan fingerprint density at radius 3 is 2.59 bits per heavy atom. The van der Waals surface area contributed by atoms with Crippen molar-refractivity contribution in [3.05, 3.63) is 76.3 Å². The van der Waals surface area contributed by atoms with Crippen LogP contribution in [0.15, 0.2) is 60.2 Å². The summed E-state index contributed by atoms with van der Waals surface area (Å²) < 4.78 is 8.65. The second-order valence-corrected chi connectivity index (χ2v) is 17.0. The number of imide groups is 2. The summed E-state index contributed by atoms with van der Waals surface area (Å²) in [7, 11) is 1.71. The number of halogens is 1. The van der Waals surface area contributed by atoms with Crippen molar-refractivity contribution in [3.8, 4) is 16.3 Å². The molecule has 4 heterocycles. The maximum atomic E-state index is 15.2. The van der Waals surface area contributed by atoms with Crippen LogP contribution in [0.4, 0.5) is 5.82 Å². The van der Waals surface area contributed by atoms with Gasteiger partial charge in [-0.2, -0.15) is 5.10 Å². The molecule has 3 fully saturated rings. The summed E-state index contributed by atoms with van der Waals surface area (Å²) in [6, 6.07) is 14.8. The zero-order chi connectivity index (χ0) is 39.6. The average Bonchev–Trinajstić information content (AvgIpc) is 3.84. The van der Waals surface area contributed by atoms with E-state index < -0.39 is 41.0 Å². The molecule has 292 valence electrons. The number of aliphatic carboxylic acids is 1. The number of carboxylic acids is 1. The Hall–Kier alpha value is -4.85. The van der Waals surface area contributed by atoms with Crippen LogP contribution in [0, 0.1) is 36.0 Å². The van der Waals surface area contributed by atoms with E-state index in [4.69, 9.17) is 26.5 Å². The van der Waals surface area contributed by atoms with Gasteiger partial charge in [0.15, 0.2) is 0 Å². The number of benzene rings is 2. The lowest BCUT2D eigenvalue weighted by Gasteiger charge is -2.49. The first-order valence-electron chi connectivity index (χ1n) is 19.1. The number of thiophene rings is 1. The Labute approximate surface area is 332 Å². The quantitative estimate of drug-likeness (QED) is 0.0926. The molecule has 8 rings (SSSR count). The van der Waals surface area contributed by atoms with Gasteiger partial charge in [0, 0.05) is 47.3 Å². The summed E-state index contributed by atoms with van der Waals surface area (Å²) in [5.41, 5.74) is 1.82. The molecule has 2 aromatic carbocycles. The summed E-state index contributed by atoms with van der Waals surface area (Å²) in [5.74, 6) is -4.72. The second-order valence-electron chi connectivity index (χ2n) is 15.5. The monoisotopic (exact) mass is 798 g/mol. The van der Waals surface area contributed by atoms with Gasteiger partial charge in [0.25, 0.3) is 0 Å². The van der Waals surface area contributed by atoms with Crippen LogP contribution in [0.5, 0.6) is 5.75 Å². The van der Waals surface area contributed by atoms with Gasteiger partial charge in [0.05, 0.1) is 34.7 Å². The van der Waals surface area contributed by atoms with Crippen LogP contribution in [0.1, 0.15) is 62.5 Å². The first kappa shape index (κ1) is 38.0. The number of unbranched alkanes of at least 4 members (excludes halogenated alkanes) is 2. The minimum Gasteiger partial charge on any atom is -0.491 e. The standard InChI is InChI=1S/C42H43ClN4O8S/c1-22-27-19-23(43)12-15-32(27)56-37(22)30-21-33(45(3)44-30)47-39(52)29-20-28-24(36(42(29,2)41(47)54)25-9-6-7-10-31(25)55-18-17-48)13-14-26-35(28)40(53)46(38(26)51)16-8-4-5-11-34(49)50/h6-7,9-10,12-13,15,19,21,26,28-29,35-36,48H,4-5,8,11,14,16-18,20H2,1-3H3,(H,49,50)/t26-,28+,29-,35-,36+,42+/m0/s1. The lowest BCUT2D eigenvalue weighted by Crippen LogP contribution is -2.49. The number of para-hydroxylation sites is 1. The second kappa shape index (κ2) is 14.6. The molecule has 0 unspecified atom stereocenters. The predicted molar refractivity (Wildman–Crippen MR) is 210 cm³/mol. The van der Waals surface area contributed by atoms with Crippen LogP contribution in [0.3, 0.4) is 0 Å². The van der Waals surface area contributed by atoms with Gasteiger partial charge >= 0.3 is 5.97 Å². The van der Waals surface area contributed by atoms with Crippen molar-refractivity contribution in [1.29, 1.82) is 0 Å². The van der Waals surface area contributed by atoms with Crippen molar-refractivity contribution >= 4 is 68.4 Å². The number of aryl methyl sites for hydroxylation is 2. The highest BCUT2D eigenvalue weighted by molar-refractivity contribution is 7.22. The lowest BCUT2D eigenvalue weighted by molar-refractivity contribution is -0.141. The number of aliphatic hydroxyl groups excluding tert-OH is 1. The van der Waals surface area contributed by atoms with Gasteiger partial charge in [-0.15, -0.1) is 11.3 Å². The number of nitrogens with zero attached hydrogens (tertiary/aromatic N) is 4. The molecular weight excluding hydrogens is 756 g/mol. The third-order valence-electron chi connectivity index (χ3n) is 12.4. The molecule has 2 N–H and O–H groups in total. The number of likely N-dealkylation sites (tertiary alicyclic amines) is 1. The molecule has 14 heteroatoms. The molecule has 0 bridgehead atoms. The normalized spacial score (nSPS) is 25.8. The highest BCUT2D eigenvalue weighted by Crippen LogP contribution is 2.64. The number of carbonyl (C=O) groups is 5. The summed E-state index contributed by atoms with van der Waals surface area (Å²) in [4.78, 5) is 72.7. The fourth-order valence-electron chi connectivity index (χ4n) is 9.81. The zero-order valence-corrected chi connectivity index (χ0v) is 32.9. The number of allylic oxidation sites excluding steroid dienone is 2. The maximum Gasteiger partial charge on any atom is 0.303 e. The van der Waals surface area contributed by atoms with Crippen molar-refractivity contribution in [2.24, 2.45) is 36.1 Å². The molecule has 0 spiro atoms. The molecule has 0 radical (unpaired) electrons. The predicted octanol–water partition coefficient (Wildman–Crippen LogP) is 6.51. The Kier molecular flexibility index (Phi) is 9.91. The van der Waals surface area contributed by atoms with Gasteiger partial charge in [-0.3, -0.25) is 33.6 Å². The molecule has 6 atom stereocenters. The number of aromatic nitrogens is 2. The fraction of sp³-hybridized carbons (Fsp3) is 0.429. The first-order valence-corrected chi connectivity index (χ1v) is 20.3. The third kappa shape index (κ3) is 5.97. The Balaban J connectivity index is 1.19. The zero-order valence-electron chi connectivity index (χ0n) is 31.4. The molecule has 4 amide bonds. The number of ether oxygens (including phenoxy) is 1. The molecule has 12 nitrogen and oxygen atoms in total.